The van der Waals surface area contributed by atoms with E-state index in [2.05, 4.69) is 5.10 Å². The molecule has 0 radical (unpaired) electrons. The van der Waals surface area contributed by atoms with Crippen molar-refractivity contribution in [3.8, 4) is 5.69 Å². The number of benzene rings is 2. The van der Waals surface area contributed by atoms with Gasteiger partial charge in [0, 0.05) is 10.4 Å². The Morgan fingerprint density at radius 3 is 2.33 bits per heavy atom. The van der Waals surface area contributed by atoms with Crippen LogP contribution in [-0.4, -0.2) is 9.78 Å². The highest BCUT2D eigenvalue weighted by Crippen LogP contribution is 2.29. The molecule has 0 aliphatic rings. The van der Waals surface area contributed by atoms with Crippen molar-refractivity contribution in [3.05, 3.63) is 105 Å². The predicted octanol–water partition coefficient (Wildman–Crippen LogP) is 6.23. The van der Waals surface area contributed by atoms with Crippen molar-refractivity contribution in [1.29, 1.82) is 0 Å². The highest BCUT2D eigenvalue weighted by Gasteiger charge is 2.29. The average Bonchev–Trinajstić information content (AvgIpc) is 2.97. The van der Waals surface area contributed by atoms with E-state index in [1.54, 1.807) is 54.6 Å². The van der Waals surface area contributed by atoms with Gasteiger partial charge in [-0.15, -0.1) is 0 Å². The molecular formula is C23H14ClF3N2O. The summed E-state index contributed by atoms with van der Waals surface area (Å²) in [7, 11) is 0. The van der Waals surface area contributed by atoms with Crippen LogP contribution < -0.4 is 5.43 Å². The molecule has 4 aromatic rings. The molecule has 0 N–H and O–H groups in total. The fraction of sp³-hybridized carbons (Fsp3) is 0.0435. The number of hydrogen-bond acceptors (Lipinski definition) is 2. The summed E-state index contributed by atoms with van der Waals surface area (Å²) in [5.41, 5.74) is 1.18. The Hall–Kier alpha value is -3.38. The van der Waals surface area contributed by atoms with Crippen LogP contribution in [0.25, 0.3) is 28.7 Å². The number of rotatable bonds is 3. The summed E-state index contributed by atoms with van der Waals surface area (Å²) in [4.78, 5) is 12.7. The van der Waals surface area contributed by atoms with E-state index < -0.39 is 11.7 Å². The lowest BCUT2D eigenvalue weighted by atomic mass is 10.1. The molecule has 4 rings (SSSR count). The van der Waals surface area contributed by atoms with Crippen molar-refractivity contribution in [1.82, 2.24) is 9.78 Å². The number of fused-ring (bicyclic) bond motifs is 1. The third-order valence-electron chi connectivity index (χ3n) is 4.53. The molecule has 0 saturated heterocycles. The molecule has 0 atom stereocenters. The molecule has 1 aromatic heterocycles. The van der Waals surface area contributed by atoms with Gasteiger partial charge >= 0.3 is 6.18 Å². The summed E-state index contributed by atoms with van der Waals surface area (Å²) >= 11 is 6.09. The van der Waals surface area contributed by atoms with E-state index in [9.17, 15) is 18.0 Å². The lowest BCUT2D eigenvalue weighted by molar-refractivity contribution is -0.137. The van der Waals surface area contributed by atoms with Crippen LogP contribution in [0.2, 0.25) is 5.02 Å². The van der Waals surface area contributed by atoms with Gasteiger partial charge in [0.05, 0.1) is 16.9 Å². The van der Waals surface area contributed by atoms with Gasteiger partial charge in [0.15, 0.2) is 0 Å². The average molecular weight is 427 g/mol. The SMILES string of the molecule is O=c1ccccc2c(C=Cc3ccc(C(F)(F)F)cc3)nn(-c3cccc(Cl)c3)c12. The summed E-state index contributed by atoms with van der Waals surface area (Å²) in [6.45, 7) is 0. The van der Waals surface area contributed by atoms with Gasteiger partial charge in [0.25, 0.3) is 0 Å². The van der Waals surface area contributed by atoms with E-state index in [0.717, 1.165) is 12.1 Å². The van der Waals surface area contributed by atoms with Crippen LogP contribution in [0, 0.1) is 0 Å². The Kier molecular flexibility index (Phi) is 5.18. The van der Waals surface area contributed by atoms with Gasteiger partial charge in [-0.25, -0.2) is 4.68 Å². The second kappa shape index (κ2) is 7.80. The molecule has 0 unspecified atom stereocenters. The van der Waals surface area contributed by atoms with Crippen molar-refractivity contribution < 1.29 is 13.2 Å². The second-order valence-electron chi connectivity index (χ2n) is 6.57. The normalized spacial score (nSPS) is 12.0. The van der Waals surface area contributed by atoms with Gasteiger partial charge in [0.1, 0.15) is 5.52 Å². The zero-order chi connectivity index (χ0) is 21.3. The maximum absolute atomic E-state index is 12.7. The summed E-state index contributed by atoms with van der Waals surface area (Å²) < 4.78 is 39.7. The van der Waals surface area contributed by atoms with Crippen molar-refractivity contribution >= 4 is 34.7 Å². The largest absolute Gasteiger partial charge is 0.416 e. The van der Waals surface area contributed by atoms with Gasteiger partial charge < -0.3 is 0 Å². The summed E-state index contributed by atoms with van der Waals surface area (Å²) in [5, 5.41) is 5.68. The van der Waals surface area contributed by atoms with Crippen LogP contribution in [0.1, 0.15) is 16.8 Å². The van der Waals surface area contributed by atoms with E-state index in [-0.39, 0.29) is 5.43 Å². The molecule has 0 amide bonds. The Bertz CT molecular complexity index is 1310. The quantitative estimate of drug-likeness (QED) is 0.389. The van der Waals surface area contributed by atoms with Gasteiger partial charge in [-0.2, -0.15) is 18.3 Å². The van der Waals surface area contributed by atoms with Crippen LogP contribution in [0.15, 0.2) is 77.6 Å². The number of nitrogens with zero attached hydrogens (tertiary/aromatic N) is 2. The Balaban J connectivity index is 1.82. The zero-order valence-electron chi connectivity index (χ0n) is 15.4. The van der Waals surface area contributed by atoms with Crippen molar-refractivity contribution in [2.24, 2.45) is 0 Å². The highest BCUT2D eigenvalue weighted by molar-refractivity contribution is 6.30. The topological polar surface area (TPSA) is 34.9 Å². The Morgan fingerprint density at radius 1 is 0.900 bits per heavy atom. The minimum absolute atomic E-state index is 0.211. The monoisotopic (exact) mass is 426 g/mol. The van der Waals surface area contributed by atoms with Crippen molar-refractivity contribution in [3.63, 3.8) is 0 Å². The van der Waals surface area contributed by atoms with Crippen molar-refractivity contribution in [2.75, 3.05) is 0 Å². The molecule has 150 valence electrons. The minimum Gasteiger partial charge on any atom is -0.288 e. The zero-order valence-corrected chi connectivity index (χ0v) is 16.2. The molecule has 0 spiro atoms. The van der Waals surface area contributed by atoms with E-state index >= 15 is 0 Å². The Labute approximate surface area is 174 Å². The minimum atomic E-state index is -4.38. The summed E-state index contributed by atoms with van der Waals surface area (Å²) in [5.74, 6) is 0. The molecule has 0 fully saturated rings. The fourth-order valence-corrected chi connectivity index (χ4v) is 3.28. The first-order chi connectivity index (χ1) is 14.3. The van der Waals surface area contributed by atoms with E-state index in [1.165, 1.54) is 22.9 Å². The predicted molar refractivity (Wildman–Crippen MR) is 113 cm³/mol. The highest BCUT2D eigenvalue weighted by atomic mass is 35.5. The fourth-order valence-electron chi connectivity index (χ4n) is 3.10. The van der Waals surface area contributed by atoms with Crippen LogP contribution >= 0.6 is 11.6 Å². The molecule has 1 heterocycles. The molecule has 0 saturated carbocycles. The summed E-state index contributed by atoms with van der Waals surface area (Å²) in [6, 6.07) is 18.4. The summed E-state index contributed by atoms with van der Waals surface area (Å²) in [6.07, 6.45) is -1.05. The van der Waals surface area contributed by atoms with Crippen LogP contribution in [0.5, 0.6) is 0 Å². The Morgan fingerprint density at radius 2 is 1.63 bits per heavy atom. The van der Waals surface area contributed by atoms with Crippen LogP contribution in [0.3, 0.4) is 0 Å². The smallest absolute Gasteiger partial charge is 0.288 e. The third kappa shape index (κ3) is 4.00. The van der Waals surface area contributed by atoms with Crippen LogP contribution in [-0.2, 0) is 6.18 Å². The first-order valence-electron chi connectivity index (χ1n) is 8.96. The first kappa shape index (κ1) is 19.9. The molecule has 3 nitrogen and oxygen atoms in total. The lowest BCUT2D eigenvalue weighted by Gasteiger charge is -2.05. The molecule has 0 aliphatic heterocycles. The van der Waals surface area contributed by atoms with Crippen LogP contribution in [0.4, 0.5) is 13.2 Å². The van der Waals surface area contributed by atoms with E-state index in [1.807, 2.05) is 0 Å². The molecule has 7 heteroatoms. The number of alkyl halides is 3. The first-order valence-corrected chi connectivity index (χ1v) is 9.34. The second-order valence-corrected chi connectivity index (χ2v) is 7.01. The van der Waals surface area contributed by atoms with Gasteiger partial charge in [-0.05, 0) is 48.0 Å². The van der Waals surface area contributed by atoms with Crippen molar-refractivity contribution in [2.45, 2.75) is 6.18 Å². The molecule has 30 heavy (non-hydrogen) atoms. The van der Waals surface area contributed by atoms with Gasteiger partial charge in [0.2, 0.25) is 5.43 Å². The number of halogens is 4. The van der Waals surface area contributed by atoms with Gasteiger partial charge in [-0.1, -0.05) is 54.1 Å². The molecular weight excluding hydrogens is 413 g/mol. The molecule has 0 bridgehead atoms. The van der Waals surface area contributed by atoms with E-state index in [0.29, 0.717) is 32.9 Å². The number of aromatic nitrogens is 2. The van der Waals surface area contributed by atoms with E-state index in [4.69, 9.17) is 11.6 Å². The third-order valence-corrected chi connectivity index (χ3v) is 4.77. The number of hydrogen-bond donors (Lipinski definition) is 0. The molecule has 0 aliphatic carbocycles. The maximum Gasteiger partial charge on any atom is 0.416 e. The standard InChI is InChI=1S/C23H14ClF3N2O/c24-17-4-3-5-18(14-17)29-22-19(6-1-2-7-21(22)30)20(28-29)13-10-15-8-11-16(12-9-15)23(25,26)27/h1-14H. The van der Waals surface area contributed by atoms with Gasteiger partial charge in [-0.3, -0.25) is 4.79 Å². The lowest BCUT2D eigenvalue weighted by Crippen LogP contribution is -2.04. The molecule has 3 aromatic carbocycles. The maximum atomic E-state index is 12.7.